The Balaban J connectivity index is 1.27. The second-order valence-electron chi connectivity index (χ2n) is 13.0. The number of rotatable bonds is 5. The Kier molecular flexibility index (Phi) is 9.82. The minimum absolute atomic E-state index is 0.0365. The van der Waals surface area contributed by atoms with Gasteiger partial charge < -0.3 is 15.0 Å². The molecule has 12 heteroatoms. The topological polar surface area (TPSA) is 92.1 Å². The highest BCUT2D eigenvalue weighted by Crippen LogP contribution is 2.35. The van der Waals surface area contributed by atoms with Crippen LogP contribution in [0.3, 0.4) is 0 Å². The SMILES string of the molecule is Cc1ccc(C(=O)Nc2ccc(CN3CCC(N(C)C(=O)OC(C)(C)C)CC3)c(C(F)(F)F)c2)cc1C#Cc1c(C)nc2cccnn12. The van der Waals surface area contributed by atoms with E-state index in [1.54, 1.807) is 67.7 Å². The molecule has 0 aliphatic carbocycles. The quantitative estimate of drug-likeness (QED) is 0.236. The number of carbonyl (C=O) groups excluding carboxylic acids is 2. The number of fused-ring (bicyclic) bond motifs is 1. The van der Waals surface area contributed by atoms with Crippen molar-refractivity contribution in [3.63, 3.8) is 0 Å². The van der Waals surface area contributed by atoms with Crippen molar-refractivity contribution in [2.45, 2.75) is 71.8 Å². The van der Waals surface area contributed by atoms with Crippen LogP contribution in [0.5, 0.6) is 0 Å². The molecule has 252 valence electrons. The Bertz CT molecular complexity index is 1890. The van der Waals surface area contributed by atoms with Gasteiger partial charge in [0.15, 0.2) is 5.65 Å². The number of piperidine rings is 1. The van der Waals surface area contributed by atoms with Crippen molar-refractivity contribution in [1.29, 1.82) is 0 Å². The first-order valence-electron chi connectivity index (χ1n) is 15.7. The molecule has 2 aromatic heterocycles. The Labute approximate surface area is 278 Å². The number of halogens is 3. The average Bonchev–Trinajstić information content (AvgIpc) is 3.34. The number of nitrogens with one attached hydrogen (secondary N) is 1. The number of amides is 2. The maximum Gasteiger partial charge on any atom is 0.416 e. The number of alkyl halides is 3. The molecule has 0 radical (unpaired) electrons. The summed E-state index contributed by atoms with van der Waals surface area (Å²) in [6.45, 7) is 10.3. The van der Waals surface area contributed by atoms with Crippen molar-refractivity contribution in [3.05, 3.63) is 93.9 Å². The summed E-state index contributed by atoms with van der Waals surface area (Å²) in [6.07, 6.45) is -2.16. The molecule has 0 atom stereocenters. The monoisotopic (exact) mass is 660 g/mol. The van der Waals surface area contributed by atoms with Gasteiger partial charge in [0.25, 0.3) is 5.91 Å². The third-order valence-corrected chi connectivity index (χ3v) is 8.24. The first-order chi connectivity index (χ1) is 22.6. The zero-order chi connectivity index (χ0) is 34.8. The van der Waals surface area contributed by atoms with Crippen molar-refractivity contribution in [2.24, 2.45) is 0 Å². The maximum absolute atomic E-state index is 14.2. The van der Waals surface area contributed by atoms with Gasteiger partial charge in [-0.3, -0.25) is 9.69 Å². The van der Waals surface area contributed by atoms with Gasteiger partial charge in [-0.1, -0.05) is 18.1 Å². The first-order valence-corrected chi connectivity index (χ1v) is 15.7. The van der Waals surface area contributed by atoms with Gasteiger partial charge in [0.05, 0.1) is 11.3 Å². The summed E-state index contributed by atoms with van der Waals surface area (Å²) < 4.78 is 49.8. The number of aryl methyl sites for hydroxylation is 2. The van der Waals surface area contributed by atoms with E-state index in [-0.39, 0.29) is 29.4 Å². The van der Waals surface area contributed by atoms with Crippen LogP contribution in [0.2, 0.25) is 0 Å². The lowest BCUT2D eigenvalue weighted by molar-refractivity contribution is -0.138. The second-order valence-corrected chi connectivity index (χ2v) is 13.0. The van der Waals surface area contributed by atoms with Crippen LogP contribution in [0.1, 0.15) is 77.6 Å². The molecule has 1 aliphatic heterocycles. The smallest absolute Gasteiger partial charge is 0.416 e. The molecule has 5 rings (SSSR count). The van der Waals surface area contributed by atoms with Crippen LogP contribution >= 0.6 is 0 Å². The van der Waals surface area contributed by atoms with Crippen molar-refractivity contribution in [1.82, 2.24) is 24.4 Å². The highest BCUT2D eigenvalue weighted by molar-refractivity contribution is 6.04. The second kappa shape index (κ2) is 13.7. The molecule has 3 heterocycles. The normalized spacial score (nSPS) is 14.4. The molecule has 1 fully saturated rings. The number of anilines is 1. The van der Waals surface area contributed by atoms with Crippen LogP contribution in [-0.4, -0.2) is 68.2 Å². The maximum atomic E-state index is 14.2. The molecule has 0 unspecified atom stereocenters. The van der Waals surface area contributed by atoms with Crippen LogP contribution in [0.25, 0.3) is 5.65 Å². The van der Waals surface area contributed by atoms with E-state index >= 15 is 0 Å². The van der Waals surface area contributed by atoms with E-state index in [9.17, 15) is 22.8 Å². The predicted molar refractivity (Wildman–Crippen MR) is 177 cm³/mol. The molecule has 1 aliphatic rings. The molecule has 0 spiro atoms. The van der Waals surface area contributed by atoms with Crippen molar-refractivity contribution < 1.29 is 27.5 Å². The third kappa shape index (κ3) is 8.15. The van der Waals surface area contributed by atoms with E-state index in [1.165, 1.54) is 12.1 Å². The van der Waals surface area contributed by atoms with Crippen LogP contribution in [0.15, 0.2) is 54.7 Å². The number of ether oxygens (including phenoxy) is 1. The summed E-state index contributed by atoms with van der Waals surface area (Å²) in [5.74, 6) is 5.64. The number of benzene rings is 2. The molecular formula is C36H39F3N6O3. The van der Waals surface area contributed by atoms with Crippen LogP contribution in [0.4, 0.5) is 23.7 Å². The zero-order valence-electron chi connectivity index (χ0n) is 27.9. The van der Waals surface area contributed by atoms with Crippen LogP contribution < -0.4 is 5.32 Å². The molecule has 9 nitrogen and oxygen atoms in total. The van der Waals surface area contributed by atoms with Gasteiger partial charge in [0.1, 0.15) is 11.3 Å². The van der Waals surface area contributed by atoms with E-state index in [4.69, 9.17) is 4.74 Å². The third-order valence-electron chi connectivity index (χ3n) is 8.24. The molecule has 2 amide bonds. The summed E-state index contributed by atoms with van der Waals surface area (Å²) in [5, 5.41) is 6.93. The first kappa shape index (κ1) is 34.4. The number of aromatic nitrogens is 3. The fraction of sp³-hybridized carbons (Fsp3) is 0.389. The van der Waals surface area contributed by atoms with Gasteiger partial charge in [-0.25, -0.2) is 14.3 Å². The molecule has 0 bridgehead atoms. The van der Waals surface area contributed by atoms with Crippen molar-refractivity contribution >= 4 is 23.3 Å². The number of nitrogens with zero attached hydrogens (tertiary/aromatic N) is 5. The average molecular weight is 661 g/mol. The van der Waals surface area contributed by atoms with Crippen LogP contribution in [-0.2, 0) is 17.5 Å². The fourth-order valence-corrected chi connectivity index (χ4v) is 5.61. The highest BCUT2D eigenvalue weighted by Gasteiger charge is 2.35. The molecule has 1 saturated heterocycles. The highest BCUT2D eigenvalue weighted by atomic mass is 19.4. The number of hydrogen-bond acceptors (Lipinski definition) is 6. The number of hydrogen-bond donors (Lipinski definition) is 1. The van der Waals surface area contributed by atoms with E-state index in [0.717, 1.165) is 11.6 Å². The van der Waals surface area contributed by atoms with Crippen LogP contribution in [0, 0.1) is 25.7 Å². The minimum atomic E-state index is -4.62. The van der Waals surface area contributed by atoms with Gasteiger partial charge in [-0.15, -0.1) is 0 Å². The van der Waals surface area contributed by atoms with E-state index in [1.807, 2.05) is 24.8 Å². The fourth-order valence-electron chi connectivity index (χ4n) is 5.61. The van der Waals surface area contributed by atoms with E-state index < -0.39 is 29.3 Å². The lowest BCUT2D eigenvalue weighted by Gasteiger charge is -2.37. The minimum Gasteiger partial charge on any atom is -0.444 e. The van der Waals surface area contributed by atoms with Gasteiger partial charge in [0, 0.05) is 55.7 Å². The zero-order valence-corrected chi connectivity index (χ0v) is 27.9. The number of imidazole rings is 1. The van der Waals surface area contributed by atoms with Gasteiger partial charge in [0.2, 0.25) is 0 Å². The Morgan fingerprint density at radius 2 is 1.77 bits per heavy atom. The summed E-state index contributed by atoms with van der Waals surface area (Å²) in [6, 6.07) is 12.4. The Morgan fingerprint density at radius 3 is 2.46 bits per heavy atom. The summed E-state index contributed by atoms with van der Waals surface area (Å²) in [7, 11) is 1.69. The lowest BCUT2D eigenvalue weighted by atomic mass is 10.0. The van der Waals surface area contributed by atoms with Crippen molar-refractivity contribution in [2.75, 3.05) is 25.5 Å². The molecule has 2 aromatic carbocycles. The number of likely N-dealkylation sites (tertiary alicyclic amines) is 1. The molecule has 1 N–H and O–H groups in total. The molecule has 48 heavy (non-hydrogen) atoms. The Hall–Kier alpha value is -4.89. The van der Waals surface area contributed by atoms with E-state index in [0.29, 0.717) is 48.5 Å². The molecule has 0 saturated carbocycles. The Morgan fingerprint density at radius 1 is 1.04 bits per heavy atom. The lowest BCUT2D eigenvalue weighted by Crippen LogP contribution is -2.46. The molecular weight excluding hydrogens is 621 g/mol. The standard InChI is InChI=1S/C36H39F3N6O3/c1-23-9-10-26(20-25(23)12-14-31-24(2)41-32-8-7-17-40-45(31)32)33(46)42-28-13-11-27(30(21-28)36(37,38)39)22-44-18-15-29(16-19-44)43(6)34(47)48-35(3,4)5/h7-11,13,17,20-21,29H,15-16,18-19,22H2,1-6H3,(H,42,46). The predicted octanol–water partition coefficient (Wildman–Crippen LogP) is 6.85. The summed E-state index contributed by atoms with van der Waals surface area (Å²) >= 11 is 0. The number of carbonyl (C=O) groups is 2. The largest absolute Gasteiger partial charge is 0.444 e. The van der Waals surface area contributed by atoms with Gasteiger partial charge in [-0.2, -0.15) is 18.3 Å². The van der Waals surface area contributed by atoms with E-state index in [2.05, 4.69) is 27.2 Å². The van der Waals surface area contributed by atoms with Gasteiger partial charge >= 0.3 is 12.3 Å². The molecule has 4 aromatic rings. The van der Waals surface area contributed by atoms with Crippen molar-refractivity contribution in [3.8, 4) is 11.8 Å². The summed E-state index contributed by atoms with van der Waals surface area (Å²) in [4.78, 5) is 33.6. The summed E-state index contributed by atoms with van der Waals surface area (Å²) in [5.41, 5.74) is 2.43. The van der Waals surface area contributed by atoms with Gasteiger partial charge in [-0.05, 0) is 101 Å².